The lowest BCUT2D eigenvalue weighted by Gasteiger charge is -2.27. The number of benzene rings is 3. The minimum absolute atomic E-state index is 0.319. The number of aryl methyl sites for hydroxylation is 1. The first kappa shape index (κ1) is 28.5. The molecule has 1 aliphatic rings. The molecule has 7 nitrogen and oxygen atoms in total. The lowest BCUT2D eigenvalue weighted by atomic mass is 9.81. The van der Waals surface area contributed by atoms with Gasteiger partial charge in [-0.15, -0.1) is 0 Å². The van der Waals surface area contributed by atoms with Gasteiger partial charge in [-0.25, -0.2) is 4.99 Å². The van der Waals surface area contributed by atoms with Crippen LogP contribution in [0.15, 0.2) is 83.9 Å². The van der Waals surface area contributed by atoms with E-state index in [1.807, 2.05) is 6.07 Å². The second-order valence-corrected chi connectivity index (χ2v) is 9.72. The van der Waals surface area contributed by atoms with E-state index in [9.17, 15) is 27.6 Å². The summed E-state index contributed by atoms with van der Waals surface area (Å²) in [5.74, 6) is -5.32. The van der Waals surface area contributed by atoms with Crippen molar-refractivity contribution < 1.29 is 27.6 Å². The number of alkyl halides is 3. The van der Waals surface area contributed by atoms with E-state index in [2.05, 4.69) is 10.3 Å². The molecule has 1 aliphatic heterocycles. The first-order chi connectivity index (χ1) is 19.0. The van der Waals surface area contributed by atoms with Crippen molar-refractivity contribution in [3.8, 4) is 0 Å². The van der Waals surface area contributed by atoms with Crippen LogP contribution >= 0.6 is 0 Å². The molecule has 0 unspecified atom stereocenters. The Balaban J connectivity index is 1.76. The minimum atomic E-state index is -4.58. The van der Waals surface area contributed by atoms with Crippen molar-refractivity contribution in [2.24, 2.45) is 16.6 Å². The normalized spacial score (nSPS) is 16.8. The van der Waals surface area contributed by atoms with Crippen LogP contribution in [0, 0.1) is 12.8 Å². The number of nitrogens with two attached hydrogens (primary N) is 1. The number of rotatable bonds is 8. The molecule has 40 heavy (non-hydrogen) atoms. The van der Waals surface area contributed by atoms with Crippen LogP contribution in [0.25, 0.3) is 0 Å². The van der Waals surface area contributed by atoms with E-state index >= 15 is 0 Å². The number of nitrogens with zero attached hydrogens (tertiary/aromatic N) is 2. The first-order valence-corrected chi connectivity index (χ1v) is 12.7. The number of carbonyl (C=O) groups is 3. The van der Waals surface area contributed by atoms with Gasteiger partial charge in [-0.2, -0.15) is 13.2 Å². The largest absolute Gasteiger partial charge is 0.389 e. The average Bonchev–Trinajstić information content (AvgIpc) is 3.01. The van der Waals surface area contributed by atoms with Gasteiger partial charge in [-0.3, -0.25) is 14.4 Å². The highest BCUT2D eigenvalue weighted by atomic mass is 19.4. The SMILES string of the molecule is Cc1cccc([C@H](C(N)=O)[C@@H](CCC(F)(F)F)C(=O)N[C@H]2N=C(c3ccccc3)c3ccccc3N(C)C2=O)c1. The van der Waals surface area contributed by atoms with Gasteiger partial charge in [0.25, 0.3) is 5.91 Å². The van der Waals surface area contributed by atoms with Crippen molar-refractivity contribution in [2.75, 3.05) is 11.9 Å². The molecule has 1 heterocycles. The molecule has 0 fully saturated rings. The Bertz CT molecular complexity index is 1440. The molecule has 0 saturated carbocycles. The van der Waals surface area contributed by atoms with Gasteiger partial charge in [0.2, 0.25) is 18.0 Å². The number of amides is 3. The molecular formula is C30H29F3N4O3. The Labute approximate surface area is 229 Å². The zero-order valence-corrected chi connectivity index (χ0v) is 22.0. The number of primary amides is 1. The Morgan fingerprint density at radius 2 is 1.70 bits per heavy atom. The molecule has 3 aromatic rings. The van der Waals surface area contributed by atoms with Crippen LogP contribution in [0.3, 0.4) is 0 Å². The fraction of sp³-hybridized carbons (Fsp3) is 0.267. The summed E-state index contributed by atoms with van der Waals surface area (Å²) >= 11 is 0. The molecule has 0 spiro atoms. The highest BCUT2D eigenvalue weighted by Crippen LogP contribution is 2.34. The maximum atomic E-state index is 13.7. The standard InChI is InChI=1S/C30H29F3N4O3/c1-18-9-8-12-20(17-18)24(26(34)38)22(15-16-30(31,32)33)28(39)36-27-29(40)37(2)23-14-7-6-13-21(23)25(35-27)19-10-4-3-5-11-19/h3-14,17,22,24,27H,15-16H2,1-2H3,(H2,34,38)(H,36,39)/t22-,24+,27-/m1/s1. The molecule has 0 radical (unpaired) electrons. The second-order valence-electron chi connectivity index (χ2n) is 9.72. The molecule has 10 heteroatoms. The fourth-order valence-electron chi connectivity index (χ4n) is 4.91. The van der Waals surface area contributed by atoms with Gasteiger partial charge in [-0.1, -0.05) is 78.4 Å². The molecule has 0 aromatic heterocycles. The van der Waals surface area contributed by atoms with Gasteiger partial charge in [0.05, 0.1) is 23.2 Å². The highest BCUT2D eigenvalue weighted by molar-refractivity contribution is 6.20. The van der Waals surface area contributed by atoms with Crippen LogP contribution in [-0.4, -0.2) is 42.8 Å². The van der Waals surface area contributed by atoms with Crippen LogP contribution < -0.4 is 16.0 Å². The van der Waals surface area contributed by atoms with Crippen LogP contribution in [0.4, 0.5) is 18.9 Å². The number of aliphatic imine (C=N–C) groups is 1. The van der Waals surface area contributed by atoms with E-state index in [0.717, 1.165) is 5.56 Å². The Kier molecular flexibility index (Phi) is 8.37. The quantitative estimate of drug-likeness (QED) is 0.432. The number of fused-ring (bicyclic) bond motifs is 1. The summed E-state index contributed by atoms with van der Waals surface area (Å²) in [4.78, 5) is 45.7. The fourth-order valence-corrected chi connectivity index (χ4v) is 4.91. The Hall–Kier alpha value is -4.47. The molecule has 0 saturated heterocycles. The molecule has 3 amide bonds. The molecule has 3 atom stereocenters. The number of para-hydroxylation sites is 1. The van der Waals surface area contributed by atoms with Gasteiger partial charge < -0.3 is 16.0 Å². The third kappa shape index (κ3) is 6.39. The summed E-state index contributed by atoms with van der Waals surface area (Å²) in [7, 11) is 1.53. The number of likely N-dealkylation sites (N-methyl/N-ethyl adjacent to an activating group) is 1. The van der Waals surface area contributed by atoms with Crippen LogP contribution in [-0.2, 0) is 14.4 Å². The molecule has 3 aromatic carbocycles. The van der Waals surface area contributed by atoms with Crippen molar-refractivity contribution >= 4 is 29.1 Å². The summed E-state index contributed by atoms with van der Waals surface area (Å²) in [5.41, 5.74) is 9.02. The molecular weight excluding hydrogens is 521 g/mol. The number of benzodiazepines with no additional fused rings is 1. The van der Waals surface area contributed by atoms with Gasteiger partial charge in [0.15, 0.2) is 0 Å². The zero-order chi connectivity index (χ0) is 29.0. The minimum Gasteiger partial charge on any atom is -0.369 e. The first-order valence-electron chi connectivity index (χ1n) is 12.7. The molecule has 0 aliphatic carbocycles. The van der Waals surface area contributed by atoms with Gasteiger partial charge in [-0.05, 0) is 25.0 Å². The van der Waals surface area contributed by atoms with Crippen molar-refractivity contribution in [2.45, 2.75) is 38.0 Å². The summed E-state index contributed by atoms with van der Waals surface area (Å²) in [5, 5.41) is 2.54. The lowest BCUT2D eigenvalue weighted by Crippen LogP contribution is -2.49. The van der Waals surface area contributed by atoms with E-state index in [1.54, 1.807) is 79.7 Å². The van der Waals surface area contributed by atoms with E-state index in [1.165, 1.54) is 11.9 Å². The van der Waals surface area contributed by atoms with E-state index in [4.69, 9.17) is 5.73 Å². The Morgan fingerprint density at radius 3 is 2.35 bits per heavy atom. The summed E-state index contributed by atoms with van der Waals surface area (Å²) in [6, 6.07) is 22.7. The number of hydrogen-bond donors (Lipinski definition) is 2. The molecule has 208 valence electrons. The van der Waals surface area contributed by atoms with E-state index < -0.39 is 54.7 Å². The van der Waals surface area contributed by atoms with Crippen molar-refractivity contribution in [1.29, 1.82) is 0 Å². The number of halogens is 3. The highest BCUT2D eigenvalue weighted by Gasteiger charge is 2.40. The predicted molar refractivity (Wildman–Crippen MR) is 146 cm³/mol. The van der Waals surface area contributed by atoms with E-state index in [0.29, 0.717) is 28.1 Å². The Morgan fingerprint density at radius 1 is 1.02 bits per heavy atom. The lowest BCUT2D eigenvalue weighted by molar-refractivity contribution is -0.144. The smallest absolute Gasteiger partial charge is 0.369 e. The number of hydrogen-bond acceptors (Lipinski definition) is 4. The van der Waals surface area contributed by atoms with Crippen molar-refractivity contribution in [3.63, 3.8) is 0 Å². The summed E-state index contributed by atoms with van der Waals surface area (Å²) in [6.45, 7) is 1.75. The predicted octanol–water partition coefficient (Wildman–Crippen LogP) is 4.48. The summed E-state index contributed by atoms with van der Waals surface area (Å²) in [6.07, 6.45) is -8.06. The van der Waals surface area contributed by atoms with Crippen molar-refractivity contribution in [3.05, 3.63) is 101 Å². The van der Waals surface area contributed by atoms with Crippen molar-refractivity contribution in [1.82, 2.24) is 5.32 Å². The zero-order valence-electron chi connectivity index (χ0n) is 22.0. The molecule has 4 rings (SSSR count). The number of nitrogens with one attached hydrogen (secondary N) is 1. The number of carbonyl (C=O) groups excluding carboxylic acids is 3. The van der Waals surface area contributed by atoms with Gasteiger partial charge in [0.1, 0.15) is 0 Å². The van der Waals surface area contributed by atoms with Crippen LogP contribution in [0.5, 0.6) is 0 Å². The maximum Gasteiger partial charge on any atom is 0.389 e. The van der Waals surface area contributed by atoms with Gasteiger partial charge >= 0.3 is 6.18 Å². The third-order valence-corrected chi connectivity index (χ3v) is 6.86. The maximum absolute atomic E-state index is 13.7. The number of anilines is 1. The average molecular weight is 551 g/mol. The van der Waals surface area contributed by atoms with E-state index in [-0.39, 0.29) is 0 Å². The van der Waals surface area contributed by atoms with Crippen LogP contribution in [0.1, 0.15) is 41.0 Å². The topological polar surface area (TPSA) is 105 Å². The molecule has 3 N–H and O–H groups in total. The molecule has 0 bridgehead atoms. The van der Waals surface area contributed by atoms with Gasteiger partial charge in [0, 0.05) is 24.6 Å². The monoisotopic (exact) mass is 550 g/mol. The third-order valence-electron chi connectivity index (χ3n) is 6.86. The van der Waals surface area contributed by atoms with Crippen LogP contribution in [0.2, 0.25) is 0 Å². The summed E-state index contributed by atoms with van der Waals surface area (Å²) < 4.78 is 39.9. The second kappa shape index (κ2) is 11.7.